The summed E-state index contributed by atoms with van der Waals surface area (Å²) in [6.45, 7) is 5.25. The van der Waals surface area contributed by atoms with Crippen molar-refractivity contribution >= 4 is 17.5 Å². The summed E-state index contributed by atoms with van der Waals surface area (Å²) in [4.78, 5) is 20.4. The third-order valence-electron chi connectivity index (χ3n) is 6.78. The van der Waals surface area contributed by atoms with Crippen molar-refractivity contribution in [1.29, 1.82) is 0 Å². The number of ether oxygens (including phenoxy) is 2. The molecule has 3 aromatic rings. The van der Waals surface area contributed by atoms with Crippen LogP contribution < -0.4 is 14.8 Å². The molecule has 2 aromatic carbocycles. The highest BCUT2D eigenvalue weighted by Gasteiger charge is 2.26. The van der Waals surface area contributed by atoms with E-state index in [-0.39, 0.29) is 11.8 Å². The molecule has 1 amide bonds. The molecule has 4 rings (SSSR count). The van der Waals surface area contributed by atoms with Gasteiger partial charge in [0.05, 0.1) is 25.5 Å². The van der Waals surface area contributed by atoms with Gasteiger partial charge in [-0.3, -0.25) is 14.7 Å². The van der Waals surface area contributed by atoms with Crippen LogP contribution in [0.1, 0.15) is 51.6 Å². The highest BCUT2D eigenvalue weighted by molar-refractivity contribution is 6.31. The molecule has 1 aliphatic heterocycles. The van der Waals surface area contributed by atoms with Crippen molar-refractivity contribution in [2.45, 2.75) is 38.6 Å². The van der Waals surface area contributed by atoms with Crippen molar-refractivity contribution in [3.63, 3.8) is 0 Å². The van der Waals surface area contributed by atoms with Gasteiger partial charge in [0.25, 0.3) is 5.91 Å². The molecule has 0 saturated carbocycles. The van der Waals surface area contributed by atoms with Crippen LogP contribution in [0.15, 0.2) is 54.6 Å². The first-order valence-corrected chi connectivity index (χ1v) is 12.8. The number of carbonyl (C=O) groups is 1. The normalized spacial score (nSPS) is 14.4. The summed E-state index contributed by atoms with van der Waals surface area (Å²) in [5, 5.41) is 3.90. The summed E-state index contributed by atoms with van der Waals surface area (Å²) in [5.74, 6) is 1.57. The SMILES string of the molecule is COc1ccc(CCNC(=O)c2ccc(C)nc2C2CCN(Cc3ccccc3Cl)CC2)cc1OC. The maximum atomic E-state index is 13.2. The minimum absolute atomic E-state index is 0.0727. The van der Waals surface area contributed by atoms with Crippen LogP contribution in [0.3, 0.4) is 0 Å². The van der Waals surface area contributed by atoms with E-state index in [9.17, 15) is 4.79 Å². The molecule has 0 radical (unpaired) electrons. The van der Waals surface area contributed by atoms with E-state index in [0.717, 1.165) is 60.0 Å². The Labute approximate surface area is 218 Å². The highest BCUT2D eigenvalue weighted by Crippen LogP contribution is 2.31. The number of hydrogen-bond donors (Lipinski definition) is 1. The average molecular weight is 508 g/mol. The van der Waals surface area contributed by atoms with Crippen molar-refractivity contribution in [1.82, 2.24) is 15.2 Å². The van der Waals surface area contributed by atoms with Gasteiger partial charge in [0.2, 0.25) is 0 Å². The Hall–Kier alpha value is -3.09. The first kappa shape index (κ1) is 26.0. The summed E-state index contributed by atoms with van der Waals surface area (Å²) in [7, 11) is 3.24. The van der Waals surface area contributed by atoms with Crippen LogP contribution in [0.25, 0.3) is 0 Å². The van der Waals surface area contributed by atoms with Gasteiger partial charge in [-0.25, -0.2) is 0 Å². The van der Waals surface area contributed by atoms with Crippen LogP contribution in [0.2, 0.25) is 5.02 Å². The molecule has 1 N–H and O–H groups in total. The van der Waals surface area contributed by atoms with Crippen molar-refractivity contribution in [3.05, 3.63) is 87.7 Å². The molecule has 1 saturated heterocycles. The Morgan fingerprint density at radius 2 is 1.81 bits per heavy atom. The van der Waals surface area contributed by atoms with E-state index in [4.69, 9.17) is 26.1 Å². The van der Waals surface area contributed by atoms with Crippen LogP contribution in [0, 0.1) is 6.92 Å². The summed E-state index contributed by atoms with van der Waals surface area (Å²) in [6.07, 6.45) is 2.63. The van der Waals surface area contributed by atoms with E-state index in [2.05, 4.69) is 16.3 Å². The summed E-state index contributed by atoms with van der Waals surface area (Å²) < 4.78 is 10.7. The second kappa shape index (κ2) is 12.2. The lowest BCUT2D eigenvalue weighted by atomic mass is 9.89. The fourth-order valence-electron chi connectivity index (χ4n) is 4.76. The molecule has 0 unspecified atom stereocenters. The standard InChI is InChI=1S/C29H34ClN3O3/c1-20-8-10-24(29(34)31-15-12-21-9-11-26(35-2)27(18-21)36-3)28(32-20)22-13-16-33(17-14-22)19-23-6-4-5-7-25(23)30/h4-11,18,22H,12-17,19H2,1-3H3,(H,31,34). The zero-order valence-electron chi connectivity index (χ0n) is 21.2. The molecule has 6 nitrogen and oxygen atoms in total. The molecule has 0 spiro atoms. The van der Waals surface area contributed by atoms with Gasteiger partial charge in [-0.15, -0.1) is 0 Å². The van der Waals surface area contributed by atoms with E-state index in [0.29, 0.717) is 30.0 Å². The first-order chi connectivity index (χ1) is 17.5. The van der Waals surface area contributed by atoms with Gasteiger partial charge in [0.1, 0.15) is 0 Å². The second-order valence-corrected chi connectivity index (χ2v) is 9.63. The minimum atomic E-state index is -0.0727. The molecule has 0 aliphatic carbocycles. The molecule has 1 fully saturated rings. The zero-order valence-corrected chi connectivity index (χ0v) is 22.0. The summed E-state index contributed by atoms with van der Waals surface area (Å²) in [6, 6.07) is 17.7. The Bertz CT molecular complexity index is 1190. The predicted molar refractivity (Wildman–Crippen MR) is 143 cm³/mol. The molecule has 36 heavy (non-hydrogen) atoms. The quantitative estimate of drug-likeness (QED) is 0.419. The maximum Gasteiger partial charge on any atom is 0.253 e. The van der Waals surface area contributed by atoms with Gasteiger partial charge in [-0.1, -0.05) is 35.9 Å². The second-order valence-electron chi connectivity index (χ2n) is 9.22. The number of nitrogens with zero attached hydrogens (tertiary/aromatic N) is 2. The van der Waals surface area contributed by atoms with Crippen LogP contribution >= 0.6 is 11.6 Å². The van der Waals surface area contributed by atoms with Crippen LogP contribution in [-0.2, 0) is 13.0 Å². The Balaban J connectivity index is 1.37. The lowest BCUT2D eigenvalue weighted by Gasteiger charge is -2.32. The molecule has 0 bridgehead atoms. The number of rotatable bonds is 9. The average Bonchev–Trinajstić information content (AvgIpc) is 2.90. The van der Waals surface area contributed by atoms with E-state index < -0.39 is 0 Å². The third kappa shape index (κ3) is 6.37. The number of carbonyl (C=O) groups excluding carboxylic acids is 1. The van der Waals surface area contributed by atoms with Crippen LogP contribution in [0.4, 0.5) is 0 Å². The molecule has 1 aliphatic rings. The number of nitrogens with one attached hydrogen (secondary N) is 1. The van der Waals surface area contributed by atoms with Gasteiger partial charge < -0.3 is 14.8 Å². The number of methoxy groups -OCH3 is 2. The van der Waals surface area contributed by atoms with Gasteiger partial charge in [-0.05, 0) is 80.7 Å². The first-order valence-electron chi connectivity index (χ1n) is 12.4. The Kier molecular flexibility index (Phi) is 8.83. The minimum Gasteiger partial charge on any atom is -0.493 e. The lowest BCUT2D eigenvalue weighted by molar-refractivity contribution is 0.0951. The number of amides is 1. The van der Waals surface area contributed by atoms with Crippen molar-refractivity contribution < 1.29 is 14.3 Å². The van der Waals surface area contributed by atoms with Gasteiger partial charge in [0, 0.05) is 29.7 Å². The molecule has 1 aromatic heterocycles. The predicted octanol–water partition coefficient (Wildman–Crippen LogP) is 5.41. The fourth-order valence-corrected chi connectivity index (χ4v) is 4.96. The number of hydrogen-bond acceptors (Lipinski definition) is 5. The number of likely N-dealkylation sites (tertiary alicyclic amines) is 1. The molecule has 190 valence electrons. The van der Waals surface area contributed by atoms with E-state index in [1.807, 2.05) is 55.5 Å². The monoisotopic (exact) mass is 507 g/mol. The molecular formula is C29H34ClN3O3. The molecule has 0 atom stereocenters. The van der Waals surface area contributed by atoms with Crippen LogP contribution in [0.5, 0.6) is 11.5 Å². The number of aromatic nitrogens is 1. The molecule has 7 heteroatoms. The molecular weight excluding hydrogens is 474 g/mol. The summed E-state index contributed by atoms with van der Waals surface area (Å²) in [5.41, 5.74) is 4.75. The molecule has 2 heterocycles. The van der Waals surface area contributed by atoms with E-state index in [1.54, 1.807) is 14.2 Å². The smallest absolute Gasteiger partial charge is 0.253 e. The number of pyridine rings is 1. The van der Waals surface area contributed by atoms with E-state index >= 15 is 0 Å². The Morgan fingerprint density at radius 1 is 1.06 bits per heavy atom. The highest BCUT2D eigenvalue weighted by atomic mass is 35.5. The topological polar surface area (TPSA) is 63.7 Å². The van der Waals surface area contributed by atoms with Crippen molar-refractivity contribution in [3.8, 4) is 11.5 Å². The zero-order chi connectivity index (χ0) is 25.5. The third-order valence-corrected chi connectivity index (χ3v) is 7.15. The van der Waals surface area contributed by atoms with Crippen molar-refractivity contribution in [2.24, 2.45) is 0 Å². The van der Waals surface area contributed by atoms with E-state index in [1.165, 1.54) is 0 Å². The number of benzene rings is 2. The fraction of sp³-hybridized carbons (Fsp3) is 0.379. The van der Waals surface area contributed by atoms with Gasteiger partial charge in [0.15, 0.2) is 11.5 Å². The largest absolute Gasteiger partial charge is 0.493 e. The number of halogens is 1. The Morgan fingerprint density at radius 3 is 2.53 bits per heavy atom. The van der Waals surface area contributed by atoms with Gasteiger partial charge in [-0.2, -0.15) is 0 Å². The van der Waals surface area contributed by atoms with Crippen molar-refractivity contribution in [2.75, 3.05) is 33.9 Å². The summed E-state index contributed by atoms with van der Waals surface area (Å²) >= 11 is 6.36. The van der Waals surface area contributed by atoms with Crippen LogP contribution in [-0.4, -0.2) is 49.6 Å². The maximum absolute atomic E-state index is 13.2. The lowest BCUT2D eigenvalue weighted by Crippen LogP contribution is -2.34. The van der Waals surface area contributed by atoms with Gasteiger partial charge >= 0.3 is 0 Å². The number of aryl methyl sites for hydroxylation is 1. The number of piperidine rings is 1.